The summed E-state index contributed by atoms with van der Waals surface area (Å²) in [4.78, 5) is 11.5. The van der Waals surface area contributed by atoms with Crippen molar-refractivity contribution in [3.05, 3.63) is 29.3 Å². The standard InChI is InChI=1S/C15H22N2O2/c1-10(2)17-15(18)9-19-12-7-6-11-4-3-5-14(16)13(11)8-12/h6-8,10,14H,3-5,9,16H2,1-2H3,(H,17,18)/t14-/m0/s1. The average molecular weight is 262 g/mol. The first-order valence-electron chi connectivity index (χ1n) is 6.87. The summed E-state index contributed by atoms with van der Waals surface area (Å²) < 4.78 is 5.52. The summed E-state index contributed by atoms with van der Waals surface area (Å²) in [7, 11) is 0. The molecule has 3 N–H and O–H groups in total. The van der Waals surface area contributed by atoms with Gasteiger partial charge in [-0.25, -0.2) is 0 Å². The van der Waals surface area contributed by atoms with Gasteiger partial charge >= 0.3 is 0 Å². The summed E-state index contributed by atoms with van der Waals surface area (Å²) in [5.41, 5.74) is 8.57. The molecule has 2 rings (SSSR count). The van der Waals surface area contributed by atoms with Crippen LogP contribution < -0.4 is 15.8 Å². The van der Waals surface area contributed by atoms with E-state index in [-0.39, 0.29) is 24.6 Å². The van der Waals surface area contributed by atoms with E-state index < -0.39 is 0 Å². The molecule has 0 radical (unpaired) electrons. The van der Waals surface area contributed by atoms with Crippen LogP contribution in [0.1, 0.15) is 43.9 Å². The molecule has 0 unspecified atom stereocenters. The lowest BCUT2D eigenvalue weighted by atomic mass is 9.88. The number of amides is 1. The van der Waals surface area contributed by atoms with Gasteiger partial charge in [-0.1, -0.05) is 6.07 Å². The second-order valence-corrected chi connectivity index (χ2v) is 5.37. The number of nitrogens with one attached hydrogen (secondary N) is 1. The van der Waals surface area contributed by atoms with Crippen molar-refractivity contribution in [1.82, 2.24) is 5.32 Å². The van der Waals surface area contributed by atoms with Gasteiger partial charge in [0.15, 0.2) is 6.61 Å². The van der Waals surface area contributed by atoms with Crippen LogP contribution in [0.5, 0.6) is 5.75 Å². The smallest absolute Gasteiger partial charge is 0.258 e. The third kappa shape index (κ3) is 3.70. The summed E-state index contributed by atoms with van der Waals surface area (Å²) in [6.45, 7) is 3.90. The Labute approximate surface area is 114 Å². The summed E-state index contributed by atoms with van der Waals surface area (Å²) in [5, 5.41) is 2.80. The maximum Gasteiger partial charge on any atom is 0.258 e. The highest BCUT2D eigenvalue weighted by molar-refractivity contribution is 5.77. The van der Waals surface area contributed by atoms with Gasteiger partial charge in [-0.2, -0.15) is 0 Å². The third-order valence-corrected chi connectivity index (χ3v) is 3.30. The van der Waals surface area contributed by atoms with Gasteiger partial charge in [0.25, 0.3) is 5.91 Å². The fourth-order valence-electron chi connectivity index (χ4n) is 2.42. The van der Waals surface area contributed by atoms with Crippen LogP contribution in [0, 0.1) is 0 Å². The van der Waals surface area contributed by atoms with Crippen molar-refractivity contribution in [2.45, 2.75) is 45.2 Å². The van der Waals surface area contributed by atoms with Crippen LogP contribution in [-0.4, -0.2) is 18.6 Å². The number of carbonyl (C=O) groups excluding carboxylic acids is 1. The Morgan fingerprint density at radius 2 is 2.32 bits per heavy atom. The Kier molecular flexibility index (Phi) is 4.43. The number of benzene rings is 1. The summed E-state index contributed by atoms with van der Waals surface area (Å²) in [6.07, 6.45) is 3.24. The van der Waals surface area contributed by atoms with Gasteiger partial charge in [0.2, 0.25) is 0 Å². The molecule has 0 fully saturated rings. The van der Waals surface area contributed by atoms with Crippen molar-refractivity contribution in [2.24, 2.45) is 5.73 Å². The van der Waals surface area contributed by atoms with Crippen molar-refractivity contribution < 1.29 is 9.53 Å². The number of aryl methyl sites for hydroxylation is 1. The quantitative estimate of drug-likeness (QED) is 0.871. The molecule has 1 aromatic carbocycles. The molecule has 1 atom stereocenters. The van der Waals surface area contributed by atoms with E-state index in [4.69, 9.17) is 10.5 Å². The van der Waals surface area contributed by atoms with Crippen molar-refractivity contribution in [2.75, 3.05) is 6.61 Å². The van der Waals surface area contributed by atoms with E-state index in [2.05, 4.69) is 11.4 Å². The molecule has 104 valence electrons. The minimum Gasteiger partial charge on any atom is -0.484 e. The summed E-state index contributed by atoms with van der Waals surface area (Å²) in [6, 6.07) is 6.18. The first-order valence-corrected chi connectivity index (χ1v) is 6.87. The molecule has 4 heteroatoms. The molecule has 0 aromatic heterocycles. The molecule has 1 amide bonds. The minimum atomic E-state index is -0.1000. The monoisotopic (exact) mass is 262 g/mol. The molecule has 1 aromatic rings. The molecule has 1 aliphatic rings. The number of nitrogens with two attached hydrogens (primary N) is 1. The van der Waals surface area contributed by atoms with Gasteiger partial charge in [-0.05, 0) is 56.4 Å². The molecular formula is C15H22N2O2. The summed E-state index contributed by atoms with van der Waals surface area (Å²) in [5.74, 6) is 0.618. The molecule has 0 saturated carbocycles. The number of hydrogen-bond donors (Lipinski definition) is 2. The average Bonchev–Trinajstić information content (AvgIpc) is 2.36. The maximum atomic E-state index is 11.5. The fraction of sp³-hybridized carbons (Fsp3) is 0.533. The fourth-order valence-corrected chi connectivity index (χ4v) is 2.42. The lowest BCUT2D eigenvalue weighted by Gasteiger charge is -2.22. The van der Waals surface area contributed by atoms with E-state index in [1.54, 1.807) is 0 Å². The zero-order chi connectivity index (χ0) is 13.8. The first kappa shape index (κ1) is 13.9. The highest BCUT2D eigenvalue weighted by atomic mass is 16.5. The highest BCUT2D eigenvalue weighted by Crippen LogP contribution is 2.30. The predicted octanol–water partition coefficient (Wildman–Crippen LogP) is 1.93. The van der Waals surface area contributed by atoms with Crippen LogP contribution in [0.3, 0.4) is 0 Å². The Morgan fingerprint density at radius 3 is 3.05 bits per heavy atom. The predicted molar refractivity (Wildman–Crippen MR) is 75.1 cm³/mol. The lowest BCUT2D eigenvalue weighted by Crippen LogP contribution is -2.34. The van der Waals surface area contributed by atoms with Crippen LogP contribution in [0.2, 0.25) is 0 Å². The van der Waals surface area contributed by atoms with Crippen molar-refractivity contribution >= 4 is 5.91 Å². The molecule has 0 bridgehead atoms. The molecule has 1 aliphatic carbocycles. The van der Waals surface area contributed by atoms with Gasteiger partial charge < -0.3 is 15.8 Å². The van der Waals surface area contributed by atoms with Crippen LogP contribution in [0.15, 0.2) is 18.2 Å². The van der Waals surface area contributed by atoms with E-state index in [1.165, 1.54) is 5.56 Å². The zero-order valence-corrected chi connectivity index (χ0v) is 11.6. The van der Waals surface area contributed by atoms with Gasteiger partial charge in [0.1, 0.15) is 5.75 Å². The topological polar surface area (TPSA) is 64.3 Å². The van der Waals surface area contributed by atoms with E-state index in [1.807, 2.05) is 26.0 Å². The molecule has 4 nitrogen and oxygen atoms in total. The van der Waals surface area contributed by atoms with Crippen LogP contribution in [-0.2, 0) is 11.2 Å². The Balaban J connectivity index is 1.98. The largest absolute Gasteiger partial charge is 0.484 e. The van der Waals surface area contributed by atoms with Crippen LogP contribution in [0.25, 0.3) is 0 Å². The van der Waals surface area contributed by atoms with Crippen LogP contribution >= 0.6 is 0 Å². The Bertz CT molecular complexity index is 457. The maximum absolute atomic E-state index is 11.5. The highest BCUT2D eigenvalue weighted by Gasteiger charge is 2.17. The SMILES string of the molecule is CC(C)NC(=O)COc1ccc2c(c1)[C@@H](N)CCC2. The second kappa shape index (κ2) is 6.06. The minimum absolute atomic E-state index is 0.0478. The summed E-state index contributed by atoms with van der Waals surface area (Å²) >= 11 is 0. The Morgan fingerprint density at radius 1 is 1.53 bits per heavy atom. The van der Waals surface area contributed by atoms with Gasteiger partial charge in [-0.3, -0.25) is 4.79 Å². The second-order valence-electron chi connectivity index (χ2n) is 5.37. The third-order valence-electron chi connectivity index (χ3n) is 3.30. The molecule has 0 aliphatic heterocycles. The first-order chi connectivity index (χ1) is 9.06. The molecular weight excluding hydrogens is 240 g/mol. The van der Waals surface area contributed by atoms with Crippen molar-refractivity contribution in [1.29, 1.82) is 0 Å². The lowest BCUT2D eigenvalue weighted by molar-refractivity contribution is -0.123. The Hall–Kier alpha value is -1.55. The molecule has 0 heterocycles. The van der Waals surface area contributed by atoms with Crippen molar-refractivity contribution in [3.63, 3.8) is 0 Å². The van der Waals surface area contributed by atoms with E-state index in [0.717, 1.165) is 30.6 Å². The number of carbonyl (C=O) groups is 1. The van der Waals surface area contributed by atoms with Gasteiger partial charge in [0.05, 0.1) is 0 Å². The number of hydrogen-bond acceptors (Lipinski definition) is 3. The van der Waals surface area contributed by atoms with Gasteiger partial charge in [-0.15, -0.1) is 0 Å². The molecule has 19 heavy (non-hydrogen) atoms. The van der Waals surface area contributed by atoms with E-state index in [9.17, 15) is 4.79 Å². The van der Waals surface area contributed by atoms with Crippen LogP contribution in [0.4, 0.5) is 0 Å². The van der Waals surface area contributed by atoms with Crippen molar-refractivity contribution in [3.8, 4) is 5.75 Å². The normalized spacial score (nSPS) is 18.0. The zero-order valence-electron chi connectivity index (χ0n) is 11.6. The number of ether oxygens (including phenoxy) is 1. The van der Waals surface area contributed by atoms with Gasteiger partial charge in [0, 0.05) is 12.1 Å². The number of rotatable bonds is 4. The van der Waals surface area contributed by atoms with E-state index in [0.29, 0.717) is 0 Å². The molecule has 0 spiro atoms. The number of fused-ring (bicyclic) bond motifs is 1. The van der Waals surface area contributed by atoms with E-state index >= 15 is 0 Å². The molecule has 0 saturated heterocycles.